The lowest BCUT2D eigenvalue weighted by molar-refractivity contribution is 0.107. The van der Waals surface area contributed by atoms with Gasteiger partial charge in [0.15, 0.2) is 0 Å². The second kappa shape index (κ2) is 7.72. The van der Waals surface area contributed by atoms with E-state index in [9.17, 15) is 28.8 Å². The van der Waals surface area contributed by atoms with E-state index in [1.807, 2.05) is 0 Å². The zero-order valence-electron chi connectivity index (χ0n) is 16.9. The van der Waals surface area contributed by atoms with Crippen molar-refractivity contribution in [3.05, 3.63) is 113 Å². The summed E-state index contributed by atoms with van der Waals surface area (Å²) in [6, 6.07) is 15.5. The third-order valence-corrected chi connectivity index (χ3v) is 5.97. The van der Waals surface area contributed by atoms with Gasteiger partial charge in [-0.1, -0.05) is 36.4 Å². The summed E-state index contributed by atoms with van der Waals surface area (Å²) in [4.78, 5) is 78.5. The molecule has 0 spiro atoms. The normalized spacial score (nSPS) is 11.4. The van der Waals surface area contributed by atoms with Crippen molar-refractivity contribution >= 4 is 55.2 Å². The van der Waals surface area contributed by atoms with Gasteiger partial charge in [-0.15, -0.1) is 0 Å². The van der Waals surface area contributed by atoms with Crippen LogP contribution in [0.1, 0.15) is 20.7 Å². The maximum absolute atomic E-state index is 13.4. The highest BCUT2D eigenvalue weighted by Crippen LogP contribution is 2.30. The van der Waals surface area contributed by atoms with Gasteiger partial charge >= 0.3 is 0 Å². The average Bonchev–Trinajstić information content (AvgIpc) is 3.23. The van der Waals surface area contributed by atoms with E-state index in [1.165, 1.54) is 24.3 Å². The number of benzene rings is 3. The number of fused-ring (bicyclic) bond motifs is 2. The molecule has 0 atom stereocenters. The first-order chi connectivity index (χ1) is 16.3. The predicted molar refractivity (Wildman–Crippen MR) is 128 cm³/mol. The lowest BCUT2D eigenvalue weighted by Crippen LogP contribution is -2.25. The van der Waals surface area contributed by atoms with Crippen molar-refractivity contribution in [1.82, 2.24) is 9.13 Å². The number of rotatable bonds is 4. The first-order valence-electron chi connectivity index (χ1n) is 9.77. The Morgan fingerprint density at radius 1 is 0.500 bits per heavy atom. The summed E-state index contributed by atoms with van der Waals surface area (Å²) in [6.45, 7) is 0. The van der Waals surface area contributed by atoms with Crippen molar-refractivity contribution in [2.75, 3.05) is 0 Å². The zero-order chi connectivity index (χ0) is 24.3. The summed E-state index contributed by atoms with van der Waals surface area (Å²) in [7, 11) is 0. The Bertz CT molecular complexity index is 1660. The summed E-state index contributed by atoms with van der Waals surface area (Å²) >= 11 is 11.6. The quantitative estimate of drug-likeness (QED) is 0.356. The van der Waals surface area contributed by atoms with Crippen LogP contribution in [0, 0.1) is 0 Å². The largest absolute Gasteiger partial charge is 0.276 e. The molecule has 5 aromatic rings. The maximum Gasteiger partial charge on any atom is 0.266 e. The van der Waals surface area contributed by atoms with Crippen LogP contribution < -0.4 is 22.2 Å². The Kier molecular flexibility index (Phi) is 4.93. The van der Waals surface area contributed by atoms with Gasteiger partial charge in [0, 0.05) is 0 Å². The standard InChI is InChI=1S/C24H10Cl2N2O6/c25-19(29)13-15-16(22(32)27(21(15)31)11-7-3-1-4-8-11)14(20(26)30)18-17(13)23(33)28(24(18)34)12-9-5-2-6-10-12/h1-10H. The molecule has 10 heteroatoms. The van der Waals surface area contributed by atoms with E-state index in [4.69, 9.17) is 23.2 Å². The third kappa shape index (κ3) is 2.86. The monoisotopic (exact) mass is 492 g/mol. The molecule has 3 aromatic carbocycles. The summed E-state index contributed by atoms with van der Waals surface area (Å²) in [5.74, 6) is 0. The Morgan fingerprint density at radius 3 is 1.00 bits per heavy atom. The number of hydrogen-bond donors (Lipinski definition) is 0. The van der Waals surface area contributed by atoms with E-state index in [2.05, 4.69) is 0 Å². The van der Waals surface area contributed by atoms with Gasteiger partial charge in [-0.05, 0) is 47.5 Å². The Labute approximate surface area is 198 Å². The molecule has 2 heterocycles. The second-order valence-corrected chi connectivity index (χ2v) is 8.05. The highest BCUT2D eigenvalue weighted by Gasteiger charge is 2.33. The van der Waals surface area contributed by atoms with Crippen LogP contribution >= 0.6 is 23.2 Å². The minimum atomic E-state index is -1.24. The van der Waals surface area contributed by atoms with E-state index in [-0.39, 0.29) is 11.4 Å². The molecule has 0 unspecified atom stereocenters. The van der Waals surface area contributed by atoms with Gasteiger partial charge in [-0.3, -0.25) is 28.8 Å². The van der Waals surface area contributed by atoms with E-state index < -0.39 is 65.4 Å². The number of carbonyl (C=O) groups is 2. The first kappa shape index (κ1) is 21.7. The molecule has 0 amide bonds. The molecule has 34 heavy (non-hydrogen) atoms. The molecular weight excluding hydrogens is 483 g/mol. The van der Waals surface area contributed by atoms with Gasteiger partial charge in [-0.25, -0.2) is 9.13 Å². The van der Waals surface area contributed by atoms with E-state index in [1.54, 1.807) is 36.4 Å². The Balaban J connectivity index is 2.13. The molecule has 0 radical (unpaired) electrons. The van der Waals surface area contributed by atoms with E-state index in [0.29, 0.717) is 0 Å². The topological polar surface area (TPSA) is 112 Å². The zero-order valence-corrected chi connectivity index (χ0v) is 18.4. The van der Waals surface area contributed by atoms with Crippen LogP contribution in [0.5, 0.6) is 0 Å². The van der Waals surface area contributed by atoms with Crippen LogP contribution in [0.4, 0.5) is 0 Å². The SMILES string of the molecule is O=C(Cl)c1c2c(=O)n(-c3ccccc3)c(=O)c2c(C(=O)Cl)c2c(=O)n(-c3ccccc3)c(=O)c12. The van der Waals surface area contributed by atoms with Crippen LogP contribution in [0.15, 0.2) is 79.8 Å². The van der Waals surface area contributed by atoms with Crippen LogP contribution in [-0.2, 0) is 0 Å². The summed E-state index contributed by atoms with van der Waals surface area (Å²) in [6.07, 6.45) is 0. The average molecular weight is 493 g/mol. The van der Waals surface area contributed by atoms with E-state index >= 15 is 0 Å². The fraction of sp³-hybridized carbons (Fsp3) is 0. The lowest BCUT2D eigenvalue weighted by Gasteiger charge is -2.02. The summed E-state index contributed by atoms with van der Waals surface area (Å²) in [5.41, 5.74) is -4.85. The van der Waals surface area contributed by atoms with Crippen molar-refractivity contribution in [3.63, 3.8) is 0 Å². The number of para-hydroxylation sites is 2. The number of halogens is 2. The molecule has 5 rings (SSSR count). The molecule has 166 valence electrons. The molecular formula is C24H10Cl2N2O6. The molecule has 0 aliphatic carbocycles. The molecule has 0 aliphatic heterocycles. The van der Waals surface area contributed by atoms with Crippen molar-refractivity contribution in [3.8, 4) is 11.4 Å². The minimum absolute atomic E-state index is 0.151. The van der Waals surface area contributed by atoms with Gasteiger partial charge in [0.05, 0.1) is 44.0 Å². The van der Waals surface area contributed by atoms with Gasteiger partial charge in [-0.2, -0.15) is 0 Å². The maximum atomic E-state index is 13.4. The Morgan fingerprint density at radius 2 is 0.765 bits per heavy atom. The van der Waals surface area contributed by atoms with Gasteiger partial charge in [0.2, 0.25) is 0 Å². The molecule has 0 aliphatic rings. The van der Waals surface area contributed by atoms with Crippen molar-refractivity contribution < 1.29 is 9.59 Å². The highest BCUT2D eigenvalue weighted by molar-refractivity contribution is 6.71. The number of hydrogen-bond acceptors (Lipinski definition) is 6. The van der Waals surface area contributed by atoms with Crippen LogP contribution in [0.25, 0.3) is 32.9 Å². The van der Waals surface area contributed by atoms with Crippen LogP contribution in [0.3, 0.4) is 0 Å². The number of aromatic nitrogens is 2. The number of carbonyl (C=O) groups excluding carboxylic acids is 2. The van der Waals surface area contributed by atoms with Crippen molar-refractivity contribution in [2.45, 2.75) is 0 Å². The molecule has 2 aromatic heterocycles. The highest BCUT2D eigenvalue weighted by atomic mass is 35.5. The molecule has 0 bridgehead atoms. The fourth-order valence-corrected chi connectivity index (χ4v) is 4.63. The molecule has 0 N–H and O–H groups in total. The van der Waals surface area contributed by atoms with Gasteiger partial charge in [0.1, 0.15) is 0 Å². The smallest absolute Gasteiger partial charge is 0.266 e. The van der Waals surface area contributed by atoms with Crippen molar-refractivity contribution in [2.24, 2.45) is 0 Å². The van der Waals surface area contributed by atoms with Crippen molar-refractivity contribution in [1.29, 1.82) is 0 Å². The molecule has 0 saturated heterocycles. The van der Waals surface area contributed by atoms with Crippen LogP contribution in [0.2, 0.25) is 0 Å². The van der Waals surface area contributed by atoms with Gasteiger partial charge < -0.3 is 0 Å². The summed E-state index contributed by atoms with van der Waals surface area (Å²) < 4.78 is 1.47. The predicted octanol–water partition coefficient (Wildman–Crippen LogP) is 2.65. The Hall–Kier alpha value is -4.14. The van der Waals surface area contributed by atoms with Gasteiger partial charge in [0.25, 0.3) is 32.7 Å². The third-order valence-electron chi connectivity index (χ3n) is 5.59. The molecule has 0 saturated carbocycles. The molecule has 8 nitrogen and oxygen atoms in total. The summed E-state index contributed by atoms with van der Waals surface area (Å²) in [5, 5.41) is -4.68. The minimum Gasteiger partial charge on any atom is -0.276 e. The molecule has 0 fully saturated rings. The lowest BCUT2D eigenvalue weighted by atomic mass is 9.97. The van der Waals surface area contributed by atoms with E-state index in [0.717, 1.165) is 9.13 Å². The number of nitrogens with zero attached hydrogens (tertiary/aromatic N) is 2. The second-order valence-electron chi connectivity index (χ2n) is 7.36. The first-order valence-corrected chi connectivity index (χ1v) is 10.5. The van der Waals surface area contributed by atoms with Crippen LogP contribution in [-0.4, -0.2) is 19.6 Å². The fourth-order valence-electron chi connectivity index (χ4n) is 4.25.